The van der Waals surface area contributed by atoms with Crippen molar-refractivity contribution in [2.24, 2.45) is 7.05 Å². The van der Waals surface area contributed by atoms with Crippen molar-refractivity contribution in [3.8, 4) is 0 Å². The quantitative estimate of drug-likeness (QED) is 0.702. The molecule has 0 aliphatic carbocycles. The molecule has 0 saturated carbocycles. The minimum absolute atomic E-state index is 0.0658. The van der Waals surface area contributed by atoms with E-state index in [9.17, 15) is 4.79 Å². The molecule has 0 atom stereocenters. The zero-order valence-corrected chi connectivity index (χ0v) is 8.42. The summed E-state index contributed by atoms with van der Waals surface area (Å²) in [6, 6.07) is 5.27. The summed E-state index contributed by atoms with van der Waals surface area (Å²) in [5.74, 6) is 0.0658. The summed E-state index contributed by atoms with van der Waals surface area (Å²) >= 11 is 0. The molecule has 2 aromatic heterocycles. The summed E-state index contributed by atoms with van der Waals surface area (Å²) in [6.45, 7) is 0. The Morgan fingerprint density at radius 2 is 2.07 bits per heavy atom. The van der Waals surface area contributed by atoms with Crippen LogP contribution in [0.2, 0.25) is 0 Å². The number of aryl methyl sites for hydroxylation is 1. The lowest BCUT2D eigenvalue weighted by Crippen LogP contribution is -2.04. The lowest BCUT2D eigenvalue weighted by molar-refractivity contribution is 0.0991. The SMILES string of the molecule is Cn1ccc(CC(=O)c2ccncc2)n1. The number of pyridine rings is 1. The van der Waals surface area contributed by atoms with Crippen LogP contribution in [0.5, 0.6) is 0 Å². The Bertz CT molecular complexity index is 462. The highest BCUT2D eigenvalue weighted by Gasteiger charge is 2.07. The number of Topliss-reactive ketones (excluding diaryl/α,β-unsaturated/α-hetero) is 1. The zero-order chi connectivity index (χ0) is 10.7. The molecule has 0 N–H and O–H groups in total. The van der Waals surface area contributed by atoms with Crippen molar-refractivity contribution in [3.05, 3.63) is 48.0 Å². The zero-order valence-electron chi connectivity index (χ0n) is 8.42. The number of rotatable bonds is 3. The summed E-state index contributed by atoms with van der Waals surface area (Å²) in [5.41, 5.74) is 1.47. The van der Waals surface area contributed by atoms with Gasteiger partial charge in [-0.05, 0) is 18.2 Å². The Hall–Kier alpha value is -1.97. The summed E-state index contributed by atoms with van der Waals surface area (Å²) in [5, 5.41) is 4.16. The van der Waals surface area contributed by atoms with Crippen LogP contribution in [0.4, 0.5) is 0 Å². The highest BCUT2D eigenvalue weighted by molar-refractivity contribution is 5.97. The first-order valence-corrected chi connectivity index (χ1v) is 4.67. The second kappa shape index (κ2) is 4.04. The van der Waals surface area contributed by atoms with Crippen LogP contribution >= 0.6 is 0 Å². The van der Waals surface area contributed by atoms with Crippen molar-refractivity contribution in [1.29, 1.82) is 0 Å². The van der Waals surface area contributed by atoms with Crippen molar-refractivity contribution < 1.29 is 4.79 Å². The van der Waals surface area contributed by atoms with Gasteiger partial charge in [0.15, 0.2) is 5.78 Å². The molecule has 0 amide bonds. The summed E-state index contributed by atoms with van der Waals surface area (Å²) in [7, 11) is 1.83. The van der Waals surface area contributed by atoms with E-state index in [-0.39, 0.29) is 5.78 Å². The number of carbonyl (C=O) groups excluding carboxylic acids is 1. The normalized spacial score (nSPS) is 10.2. The fraction of sp³-hybridized carbons (Fsp3) is 0.182. The topological polar surface area (TPSA) is 47.8 Å². The molecule has 2 heterocycles. The Balaban J connectivity index is 2.11. The maximum absolute atomic E-state index is 11.7. The number of hydrogen-bond donors (Lipinski definition) is 0. The van der Waals surface area contributed by atoms with Gasteiger partial charge in [-0.3, -0.25) is 14.5 Å². The second-order valence-corrected chi connectivity index (χ2v) is 3.32. The Kier molecular flexibility index (Phi) is 2.58. The van der Waals surface area contributed by atoms with Gasteiger partial charge in [-0.2, -0.15) is 5.10 Å². The number of carbonyl (C=O) groups is 1. The van der Waals surface area contributed by atoms with Crippen molar-refractivity contribution in [3.63, 3.8) is 0 Å². The average molecular weight is 201 g/mol. The third-order valence-corrected chi connectivity index (χ3v) is 2.11. The molecule has 76 valence electrons. The summed E-state index contributed by atoms with van der Waals surface area (Å²) < 4.78 is 1.69. The van der Waals surface area contributed by atoms with E-state index < -0.39 is 0 Å². The fourth-order valence-corrected chi connectivity index (χ4v) is 1.36. The predicted molar refractivity (Wildman–Crippen MR) is 55.5 cm³/mol. The Morgan fingerprint density at radius 1 is 1.33 bits per heavy atom. The molecule has 15 heavy (non-hydrogen) atoms. The minimum atomic E-state index is 0.0658. The molecule has 0 bridgehead atoms. The predicted octanol–water partition coefficient (Wildman–Crippen LogP) is 1.24. The molecule has 0 fully saturated rings. The van der Waals surface area contributed by atoms with Crippen LogP contribution in [0.3, 0.4) is 0 Å². The first-order valence-electron chi connectivity index (χ1n) is 4.67. The van der Waals surface area contributed by atoms with Crippen LogP contribution < -0.4 is 0 Å². The van der Waals surface area contributed by atoms with E-state index in [0.717, 1.165) is 5.69 Å². The van der Waals surface area contributed by atoms with Crippen LogP contribution in [0.15, 0.2) is 36.8 Å². The van der Waals surface area contributed by atoms with Crippen LogP contribution in [0, 0.1) is 0 Å². The van der Waals surface area contributed by atoms with Gasteiger partial charge in [-0.25, -0.2) is 0 Å². The lowest BCUT2D eigenvalue weighted by atomic mass is 10.1. The first-order chi connectivity index (χ1) is 7.25. The van der Waals surface area contributed by atoms with Crippen molar-refractivity contribution in [1.82, 2.24) is 14.8 Å². The Morgan fingerprint density at radius 3 is 2.67 bits per heavy atom. The van der Waals surface area contributed by atoms with Gasteiger partial charge in [0.2, 0.25) is 0 Å². The van der Waals surface area contributed by atoms with E-state index in [2.05, 4.69) is 10.1 Å². The van der Waals surface area contributed by atoms with Crippen LogP contribution in [-0.2, 0) is 13.5 Å². The van der Waals surface area contributed by atoms with Gasteiger partial charge in [0.25, 0.3) is 0 Å². The van der Waals surface area contributed by atoms with E-state index in [4.69, 9.17) is 0 Å². The van der Waals surface area contributed by atoms with Crippen molar-refractivity contribution >= 4 is 5.78 Å². The van der Waals surface area contributed by atoms with Crippen molar-refractivity contribution in [2.75, 3.05) is 0 Å². The monoisotopic (exact) mass is 201 g/mol. The Labute approximate surface area is 87.6 Å². The molecular formula is C11H11N3O. The number of hydrogen-bond acceptors (Lipinski definition) is 3. The van der Waals surface area contributed by atoms with E-state index in [0.29, 0.717) is 12.0 Å². The van der Waals surface area contributed by atoms with E-state index in [1.807, 2.05) is 19.3 Å². The molecule has 2 aromatic rings. The molecule has 2 rings (SSSR count). The molecule has 0 spiro atoms. The standard InChI is InChI=1S/C11H11N3O/c1-14-7-4-10(13-14)8-11(15)9-2-5-12-6-3-9/h2-7H,8H2,1H3. The third kappa shape index (κ3) is 2.28. The van der Waals surface area contributed by atoms with Gasteiger partial charge >= 0.3 is 0 Å². The lowest BCUT2D eigenvalue weighted by Gasteiger charge is -1.97. The van der Waals surface area contributed by atoms with Gasteiger partial charge in [0, 0.05) is 31.2 Å². The van der Waals surface area contributed by atoms with Gasteiger partial charge < -0.3 is 0 Å². The molecule has 0 unspecified atom stereocenters. The largest absolute Gasteiger partial charge is 0.294 e. The molecular weight excluding hydrogens is 190 g/mol. The van der Waals surface area contributed by atoms with Crippen LogP contribution in [0.25, 0.3) is 0 Å². The summed E-state index contributed by atoms with van der Waals surface area (Å²) in [6.07, 6.45) is 5.40. The van der Waals surface area contributed by atoms with Gasteiger partial charge in [-0.15, -0.1) is 0 Å². The molecule has 0 saturated heterocycles. The molecule has 0 aliphatic rings. The van der Waals surface area contributed by atoms with Crippen LogP contribution in [-0.4, -0.2) is 20.5 Å². The number of nitrogens with zero attached hydrogens (tertiary/aromatic N) is 3. The van der Waals surface area contributed by atoms with Crippen molar-refractivity contribution in [2.45, 2.75) is 6.42 Å². The molecule has 0 radical (unpaired) electrons. The van der Waals surface area contributed by atoms with Crippen LogP contribution in [0.1, 0.15) is 16.1 Å². The van der Waals surface area contributed by atoms with Gasteiger partial charge in [0.1, 0.15) is 0 Å². The van der Waals surface area contributed by atoms with E-state index in [1.54, 1.807) is 29.2 Å². The molecule has 4 nitrogen and oxygen atoms in total. The third-order valence-electron chi connectivity index (χ3n) is 2.11. The maximum atomic E-state index is 11.7. The smallest absolute Gasteiger partial charge is 0.168 e. The molecule has 0 aromatic carbocycles. The first kappa shape index (κ1) is 9.58. The average Bonchev–Trinajstić information content (AvgIpc) is 2.65. The molecule has 4 heteroatoms. The second-order valence-electron chi connectivity index (χ2n) is 3.32. The highest BCUT2D eigenvalue weighted by atomic mass is 16.1. The van der Waals surface area contributed by atoms with E-state index in [1.165, 1.54) is 0 Å². The van der Waals surface area contributed by atoms with E-state index >= 15 is 0 Å². The highest BCUT2D eigenvalue weighted by Crippen LogP contribution is 2.04. The summed E-state index contributed by atoms with van der Waals surface area (Å²) in [4.78, 5) is 15.6. The number of ketones is 1. The van der Waals surface area contributed by atoms with Gasteiger partial charge in [0.05, 0.1) is 12.1 Å². The fourth-order valence-electron chi connectivity index (χ4n) is 1.36. The minimum Gasteiger partial charge on any atom is -0.294 e. The number of aromatic nitrogens is 3. The van der Waals surface area contributed by atoms with Gasteiger partial charge in [-0.1, -0.05) is 0 Å². The maximum Gasteiger partial charge on any atom is 0.168 e. The molecule has 0 aliphatic heterocycles.